The molecule has 1 aliphatic heterocycles. The van der Waals surface area contributed by atoms with E-state index in [1.54, 1.807) is 24.3 Å². The molecule has 0 saturated carbocycles. The number of amides is 7. The molecule has 7 amide bonds. The molecule has 0 spiro atoms. The van der Waals surface area contributed by atoms with Gasteiger partial charge >= 0.3 is 5.97 Å². The fraction of sp³-hybridized carbons (Fsp3) is 0.571. The number of guanidine groups is 1. The van der Waals surface area contributed by atoms with Gasteiger partial charge in [-0.2, -0.15) is 0 Å². The lowest BCUT2D eigenvalue weighted by atomic mass is 9.98. The second-order valence-electron chi connectivity index (χ2n) is 18.3. The number of unbranched alkanes of at least 4 members (excludes halogenated alkanes) is 1. The number of nitrogens with two attached hydrogens (primary N) is 4. The van der Waals surface area contributed by atoms with Crippen molar-refractivity contribution in [3.8, 4) is 5.75 Å². The van der Waals surface area contributed by atoms with Crippen LogP contribution in [0.3, 0.4) is 0 Å². The minimum atomic E-state index is -1.28. The highest BCUT2D eigenvalue weighted by atomic mass is 16.4. The Kier molecular flexibility index (Phi) is 24.8. The number of likely N-dealkylation sites (tertiary alicyclic amines) is 1. The maximum absolute atomic E-state index is 14.5. The van der Waals surface area contributed by atoms with Crippen LogP contribution in [0.5, 0.6) is 5.75 Å². The van der Waals surface area contributed by atoms with Crippen LogP contribution in [0.25, 0.3) is 0 Å². The molecule has 2 aromatic rings. The van der Waals surface area contributed by atoms with Crippen molar-refractivity contribution in [1.29, 1.82) is 0 Å². The highest BCUT2D eigenvalue weighted by molar-refractivity contribution is 5.97. The normalized spacial score (nSPS) is 15.8. The van der Waals surface area contributed by atoms with E-state index in [9.17, 15) is 43.5 Å². The largest absolute Gasteiger partial charge is 0.508 e. The summed E-state index contributed by atoms with van der Waals surface area (Å²) in [6.45, 7) is 5.48. The van der Waals surface area contributed by atoms with Crippen molar-refractivity contribution < 1.29 is 48.6 Å². The van der Waals surface area contributed by atoms with Crippen LogP contribution in [0.1, 0.15) is 96.1 Å². The van der Waals surface area contributed by atoms with Crippen molar-refractivity contribution >= 4 is 53.3 Å². The maximum atomic E-state index is 14.5. The zero-order valence-electron chi connectivity index (χ0n) is 41.4. The number of likely N-dealkylation sites (N-methyl/N-ethyl adjacent to an activating group) is 1. The molecule has 22 nitrogen and oxygen atoms in total. The van der Waals surface area contributed by atoms with Gasteiger partial charge in [0.15, 0.2) is 5.96 Å². The zero-order chi connectivity index (χ0) is 52.6. The zero-order valence-corrected chi connectivity index (χ0v) is 41.4. The molecule has 71 heavy (non-hydrogen) atoms. The molecule has 2 aromatic carbocycles. The summed E-state index contributed by atoms with van der Waals surface area (Å²) in [6, 6.07) is 7.52. The fourth-order valence-corrected chi connectivity index (χ4v) is 8.22. The molecule has 0 aliphatic carbocycles. The van der Waals surface area contributed by atoms with Crippen molar-refractivity contribution in [2.24, 2.45) is 33.8 Å². The summed E-state index contributed by atoms with van der Waals surface area (Å²) in [5.41, 5.74) is 24.4. The Balaban J connectivity index is 1.85. The van der Waals surface area contributed by atoms with E-state index in [1.165, 1.54) is 29.0 Å². The van der Waals surface area contributed by atoms with Crippen LogP contribution in [-0.2, 0) is 51.2 Å². The third-order valence-corrected chi connectivity index (χ3v) is 12.1. The Bertz CT molecular complexity index is 2100. The molecule has 0 unspecified atom stereocenters. The highest BCUT2D eigenvalue weighted by Gasteiger charge is 2.40. The molecular weight excluding hydrogens is 917 g/mol. The van der Waals surface area contributed by atoms with Gasteiger partial charge in [-0.05, 0) is 93.5 Å². The summed E-state index contributed by atoms with van der Waals surface area (Å²) in [6.07, 6.45) is 3.18. The summed E-state index contributed by atoms with van der Waals surface area (Å²) < 4.78 is 0. The van der Waals surface area contributed by atoms with Gasteiger partial charge in [-0.3, -0.25) is 43.3 Å². The molecule has 1 fully saturated rings. The Hall–Kier alpha value is -6.81. The van der Waals surface area contributed by atoms with E-state index < -0.39 is 96.2 Å². The van der Waals surface area contributed by atoms with Crippen molar-refractivity contribution in [2.75, 3.05) is 33.2 Å². The molecule has 1 aliphatic rings. The second-order valence-corrected chi connectivity index (χ2v) is 18.3. The van der Waals surface area contributed by atoms with Crippen LogP contribution >= 0.6 is 0 Å². The Morgan fingerprint density at radius 1 is 0.775 bits per heavy atom. The van der Waals surface area contributed by atoms with Crippen molar-refractivity contribution in [3.05, 3.63) is 65.7 Å². The van der Waals surface area contributed by atoms with Gasteiger partial charge in [0, 0.05) is 26.6 Å². The molecule has 1 saturated heterocycles. The van der Waals surface area contributed by atoms with E-state index in [0.29, 0.717) is 31.2 Å². The number of aliphatic imine (C=N–C) groups is 1. The summed E-state index contributed by atoms with van der Waals surface area (Å²) >= 11 is 0. The van der Waals surface area contributed by atoms with Gasteiger partial charge in [0.25, 0.3) is 0 Å². The number of phenols is 1. The van der Waals surface area contributed by atoms with Gasteiger partial charge < -0.3 is 69.5 Å². The lowest BCUT2D eigenvalue weighted by Gasteiger charge is -2.34. The molecule has 1 heterocycles. The van der Waals surface area contributed by atoms with Crippen LogP contribution in [-0.4, -0.2) is 149 Å². The van der Waals surface area contributed by atoms with Gasteiger partial charge in [-0.15, -0.1) is 0 Å². The first-order valence-corrected chi connectivity index (χ1v) is 24.4. The third kappa shape index (κ3) is 19.8. The number of carboxylic acid groups (broad SMARTS) is 1. The van der Waals surface area contributed by atoms with Gasteiger partial charge in [0.1, 0.15) is 48.5 Å². The number of rotatable bonds is 30. The van der Waals surface area contributed by atoms with Crippen LogP contribution in [0.2, 0.25) is 0 Å². The lowest BCUT2D eigenvalue weighted by Crippen LogP contribution is -2.60. The predicted molar refractivity (Wildman–Crippen MR) is 267 cm³/mol. The van der Waals surface area contributed by atoms with E-state index in [4.69, 9.17) is 28.0 Å². The molecule has 392 valence electrons. The molecule has 15 N–H and O–H groups in total. The first-order valence-electron chi connectivity index (χ1n) is 24.4. The van der Waals surface area contributed by atoms with Gasteiger partial charge in [0.05, 0.1) is 6.04 Å². The topological polar surface area (TPSA) is 360 Å². The number of carbonyl (C=O) groups is 8. The van der Waals surface area contributed by atoms with Crippen LogP contribution < -0.4 is 49.5 Å². The predicted octanol–water partition coefficient (Wildman–Crippen LogP) is -0.509. The van der Waals surface area contributed by atoms with E-state index in [2.05, 4.69) is 31.6 Å². The molecule has 0 radical (unpaired) electrons. The fourth-order valence-electron chi connectivity index (χ4n) is 8.22. The minimum Gasteiger partial charge on any atom is -0.508 e. The average molecular weight is 993 g/mol. The Morgan fingerprint density at radius 3 is 2.00 bits per heavy atom. The monoisotopic (exact) mass is 993 g/mol. The maximum Gasteiger partial charge on any atom is 0.322 e. The number of hydrogen-bond donors (Lipinski definition) is 11. The van der Waals surface area contributed by atoms with E-state index >= 15 is 0 Å². The van der Waals surface area contributed by atoms with Gasteiger partial charge in [0.2, 0.25) is 41.4 Å². The summed E-state index contributed by atoms with van der Waals surface area (Å²) in [7, 11) is 1.47. The quantitative estimate of drug-likeness (QED) is 0.0267. The number of aliphatic carboxylic acids is 1. The SMILES string of the molecule is CCCC[C@H](NC(=O)[C@H](CC(C)C)N(C)C(=O)[C@H](Cc1ccccc1)NC(=O)[C@@H](N)Cc1ccc(O)cc1)C(=O)N[C@@H](CCCN)C(=O)N1CCC[C@H]1C(=O)N[C@@H](CCCN=C(N)N)C(=O)NCC(=O)O. The molecule has 7 atom stereocenters. The Morgan fingerprint density at radius 2 is 1.38 bits per heavy atom. The van der Waals surface area contributed by atoms with Crippen LogP contribution in [0, 0.1) is 5.92 Å². The van der Waals surface area contributed by atoms with E-state index in [0.717, 1.165) is 5.56 Å². The number of aromatic hydroxyl groups is 1. The Labute approximate surface area is 415 Å². The first-order chi connectivity index (χ1) is 33.7. The van der Waals surface area contributed by atoms with Crippen molar-refractivity contribution in [1.82, 2.24) is 36.4 Å². The number of carbonyl (C=O) groups excluding carboxylic acids is 7. The highest BCUT2D eigenvalue weighted by Crippen LogP contribution is 2.21. The smallest absolute Gasteiger partial charge is 0.322 e. The molecule has 0 bridgehead atoms. The van der Waals surface area contributed by atoms with Gasteiger partial charge in [-0.25, -0.2) is 0 Å². The molecular formula is C49H76N12O10. The number of carboxylic acids is 1. The lowest BCUT2D eigenvalue weighted by molar-refractivity contribution is -0.144. The van der Waals surface area contributed by atoms with Crippen molar-refractivity contribution in [2.45, 2.75) is 140 Å². The molecule has 3 rings (SSSR count). The third-order valence-electron chi connectivity index (χ3n) is 12.1. The summed E-state index contributed by atoms with van der Waals surface area (Å²) in [5, 5.41) is 32.2. The standard InChI is InChI=1S/C49H76N12O10/c1-5-6-15-36(44(67)58-37(16-10-23-50)48(71)61-25-12-18-39(61)45(68)56-35(17-11-24-54-49(52)53)43(66)55-29-41(63)64)57-46(69)40(26-30(2)3)60(4)47(70)38(28-31-13-8-7-9-14-31)59-42(65)34(51)27-32-19-21-33(62)22-20-32/h7-9,13-14,19-22,30,34-40,62H,5-6,10-12,15-18,23-29,50-51H2,1-4H3,(H,55,66)(H,56,68)(H,57,69)(H,58,67)(H,59,65)(H,63,64)(H4,52,53,54)/t34-,35-,36-,37-,38-,39-,40-/m0/s1. The van der Waals surface area contributed by atoms with Crippen molar-refractivity contribution in [3.63, 3.8) is 0 Å². The average Bonchev–Trinajstić information content (AvgIpc) is 3.84. The number of nitrogens with one attached hydrogen (secondary N) is 5. The summed E-state index contributed by atoms with van der Waals surface area (Å²) in [5.74, 6) is -5.90. The number of benzene rings is 2. The second kappa shape index (κ2) is 30.0. The minimum absolute atomic E-state index is 0.0548. The van der Waals surface area contributed by atoms with E-state index in [-0.39, 0.29) is 88.6 Å². The number of nitrogens with zero attached hydrogens (tertiary/aromatic N) is 3. The number of hydrogen-bond acceptors (Lipinski definition) is 12. The first kappa shape index (κ1) is 58.5. The molecule has 0 aromatic heterocycles. The number of phenolic OH excluding ortho intramolecular Hbond substituents is 1. The van der Waals surface area contributed by atoms with Gasteiger partial charge in [-0.1, -0.05) is 76.1 Å². The van der Waals surface area contributed by atoms with E-state index in [1.807, 2.05) is 39.0 Å². The molecule has 22 heteroatoms. The van der Waals surface area contributed by atoms with Crippen LogP contribution in [0.4, 0.5) is 0 Å². The van der Waals surface area contributed by atoms with Crippen LogP contribution in [0.15, 0.2) is 59.6 Å². The summed E-state index contributed by atoms with van der Waals surface area (Å²) in [4.78, 5) is 116.